The van der Waals surface area contributed by atoms with Crippen molar-refractivity contribution in [3.05, 3.63) is 24.4 Å². The summed E-state index contributed by atoms with van der Waals surface area (Å²) < 4.78 is 20.4. The zero-order chi connectivity index (χ0) is 21.5. The molecule has 29 heavy (non-hydrogen) atoms. The molecule has 1 aliphatic carbocycles. The van der Waals surface area contributed by atoms with Crippen molar-refractivity contribution in [1.82, 2.24) is 10.6 Å². The van der Waals surface area contributed by atoms with Gasteiger partial charge >= 0.3 is 0 Å². The summed E-state index contributed by atoms with van der Waals surface area (Å²) in [6, 6.07) is 0. The van der Waals surface area contributed by atoms with Crippen LogP contribution in [0.3, 0.4) is 0 Å². The summed E-state index contributed by atoms with van der Waals surface area (Å²) in [5.41, 5.74) is 5.52. The van der Waals surface area contributed by atoms with E-state index in [0.29, 0.717) is 44.3 Å². The highest BCUT2D eigenvalue weighted by atomic mass is 19.1. The van der Waals surface area contributed by atoms with E-state index in [1.54, 1.807) is 6.92 Å². The van der Waals surface area contributed by atoms with Crippen LogP contribution in [-0.4, -0.2) is 57.2 Å². The second-order valence-electron chi connectivity index (χ2n) is 7.83. The molecule has 4 N–H and O–H groups in total. The van der Waals surface area contributed by atoms with Crippen molar-refractivity contribution in [1.29, 1.82) is 0 Å². The molecule has 0 radical (unpaired) electrons. The second kappa shape index (κ2) is 14.3. The number of halogens is 1. The summed E-state index contributed by atoms with van der Waals surface area (Å²) in [6.45, 7) is 9.93. The molecule has 6 nitrogen and oxygen atoms in total. The average molecular weight is 410 g/mol. The molecule has 0 heterocycles. The first-order valence-corrected chi connectivity index (χ1v) is 10.7. The Morgan fingerprint density at radius 1 is 1.45 bits per heavy atom. The van der Waals surface area contributed by atoms with Gasteiger partial charge in [-0.15, -0.1) is 0 Å². The van der Waals surface area contributed by atoms with Gasteiger partial charge in [0, 0.05) is 25.9 Å². The van der Waals surface area contributed by atoms with Gasteiger partial charge in [-0.3, -0.25) is 4.99 Å². The maximum atomic E-state index is 14.3. The fourth-order valence-electron chi connectivity index (χ4n) is 3.54. The number of nitrogens with one attached hydrogen (secondary N) is 2. The molecule has 1 saturated carbocycles. The average Bonchev–Trinajstić information content (AvgIpc) is 2.69. The molecule has 0 aromatic heterocycles. The Balaban J connectivity index is 2.27. The molecule has 1 rings (SSSR count). The van der Waals surface area contributed by atoms with E-state index in [9.17, 15) is 4.39 Å². The molecule has 7 heteroatoms. The number of nitrogens with two attached hydrogens (primary N) is 1. The van der Waals surface area contributed by atoms with Gasteiger partial charge in [-0.2, -0.15) is 0 Å². The number of rotatable bonds is 13. The predicted octanol–water partition coefficient (Wildman–Crippen LogP) is 3.35. The van der Waals surface area contributed by atoms with Crippen LogP contribution in [0.15, 0.2) is 34.4 Å². The molecule has 1 fully saturated rings. The van der Waals surface area contributed by atoms with Crippen LogP contribution in [-0.2, 0) is 4.74 Å². The highest BCUT2D eigenvalue weighted by Gasteiger charge is 2.37. The van der Waals surface area contributed by atoms with Crippen LogP contribution in [0.4, 0.5) is 4.39 Å². The van der Waals surface area contributed by atoms with E-state index in [2.05, 4.69) is 34.1 Å². The minimum atomic E-state index is -1.04. The van der Waals surface area contributed by atoms with Gasteiger partial charge in [0.1, 0.15) is 17.8 Å². The molecule has 0 saturated heterocycles. The van der Waals surface area contributed by atoms with Crippen LogP contribution in [0.5, 0.6) is 0 Å². The largest absolute Gasteiger partial charge is 0.389 e. The molecule has 0 aromatic rings. The van der Waals surface area contributed by atoms with Crippen molar-refractivity contribution in [2.75, 3.05) is 33.3 Å². The van der Waals surface area contributed by atoms with Gasteiger partial charge in [0.25, 0.3) is 0 Å². The predicted molar refractivity (Wildman–Crippen MR) is 121 cm³/mol. The lowest BCUT2D eigenvalue weighted by Gasteiger charge is -2.38. The molecule has 0 spiro atoms. The lowest BCUT2D eigenvalue weighted by atomic mass is 9.76. The number of allylic oxidation sites excluding steroid dienone is 1. The van der Waals surface area contributed by atoms with Crippen LogP contribution in [0.2, 0.25) is 0 Å². The Morgan fingerprint density at radius 3 is 2.93 bits per heavy atom. The van der Waals surface area contributed by atoms with Crippen molar-refractivity contribution in [3.63, 3.8) is 0 Å². The minimum absolute atomic E-state index is 0.181. The Bertz CT molecular complexity index is 559. The monoisotopic (exact) mass is 409 g/mol. The summed E-state index contributed by atoms with van der Waals surface area (Å²) in [5.74, 6) is 1.03. The third-order valence-electron chi connectivity index (χ3n) is 5.14. The molecule has 3 atom stereocenters. The summed E-state index contributed by atoms with van der Waals surface area (Å²) in [6.07, 6.45) is 10.5. The first-order chi connectivity index (χ1) is 13.9. The van der Waals surface area contributed by atoms with Gasteiger partial charge in [-0.05, 0) is 51.0 Å². The highest BCUT2D eigenvalue weighted by Crippen LogP contribution is 2.38. The summed E-state index contributed by atoms with van der Waals surface area (Å²) in [5, 5.41) is 6.16. The summed E-state index contributed by atoms with van der Waals surface area (Å²) >= 11 is 0. The molecule has 0 bridgehead atoms. The van der Waals surface area contributed by atoms with E-state index in [1.807, 2.05) is 19.2 Å². The quantitative estimate of drug-likeness (QED) is 0.188. The van der Waals surface area contributed by atoms with E-state index < -0.39 is 5.67 Å². The normalized spacial score (nSPS) is 25.6. The Hall–Kier alpha value is -1.73. The highest BCUT2D eigenvalue weighted by molar-refractivity contribution is 5.90. The van der Waals surface area contributed by atoms with Crippen LogP contribution in [0, 0.1) is 5.92 Å². The second-order valence-corrected chi connectivity index (χ2v) is 7.83. The molecule has 0 aromatic carbocycles. The minimum Gasteiger partial charge on any atom is -0.389 e. The van der Waals surface area contributed by atoms with Gasteiger partial charge in [0.15, 0.2) is 0 Å². The van der Waals surface area contributed by atoms with E-state index in [-0.39, 0.29) is 6.10 Å². The fourth-order valence-corrected chi connectivity index (χ4v) is 3.54. The van der Waals surface area contributed by atoms with Gasteiger partial charge in [-0.1, -0.05) is 26.0 Å². The third-order valence-corrected chi connectivity index (χ3v) is 5.14. The van der Waals surface area contributed by atoms with Crippen LogP contribution >= 0.6 is 0 Å². The number of nitrogens with zero attached hydrogens (tertiary/aromatic N) is 2. The van der Waals surface area contributed by atoms with Crippen molar-refractivity contribution in [2.24, 2.45) is 21.6 Å². The number of amidine groups is 1. The third kappa shape index (κ3) is 11.1. The van der Waals surface area contributed by atoms with Crippen LogP contribution in [0.1, 0.15) is 52.4 Å². The first kappa shape index (κ1) is 25.3. The maximum absolute atomic E-state index is 14.3. The van der Waals surface area contributed by atoms with Gasteiger partial charge in [0.2, 0.25) is 0 Å². The van der Waals surface area contributed by atoms with Crippen LogP contribution in [0.25, 0.3) is 0 Å². The number of likely N-dealkylation sites (N-methyl/N-ethyl adjacent to an activating group) is 1. The van der Waals surface area contributed by atoms with Crippen molar-refractivity contribution in [2.45, 2.75) is 64.1 Å². The molecule has 1 aliphatic rings. The Morgan fingerprint density at radius 2 is 2.24 bits per heavy atom. The molecular weight excluding hydrogens is 369 g/mol. The van der Waals surface area contributed by atoms with Gasteiger partial charge in [-0.25, -0.2) is 9.38 Å². The van der Waals surface area contributed by atoms with Crippen molar-refractivity contribution < 1.29 is 9.13 Å². The number of ether oxygens (including phenoxy) is 1. The van der Waals surface area contributed by atoms with Crippen molar-refractivity contribution >= 4 is 12.2 Å². The Labute approximate surface area is 176 Å². The lowest BCUT2D eigenvalue weighted by molar-refractivity contribution is -0.0538. The topological polar surface area (TPSA) is 84.0 Å². The van der Waals surface area contributed by atoms with Crippen LogP contribution < -0.4 is 16.4 Å². The fraction of sp³-hybridized carbons (Fsp3) is 0.727. The van der Waals surface area contributed by atoms with E-state index in [4.69, 9.17) is 10.5 Å². The lowest BCUT2D eigenvalue weighted by Crippen LogP contribution is -2.38. The molecule has 166 valence electrons. The number of alkyl halides is 1. The van der Waals surface area contributed by atoms with E-state index in [0.717, 1.165) is 37.9 Å². The number of aliphatic imine (C=N–C) groups is 2. The smallest absolute Gasteiger partial charge is 0.117 e. The summed E-state index contributed by atoms with van der Waals surface area (Å²) in [4.78, 5) is 8.44. The summed E-state index contributed by atoms with van der Waals surface area (Å²) in [7, 11) is 1.82. The standard InChI is InChI=1S/C22H40FN5O/c1-5-8-19-15-22(3,23)11-10-20(19)29-14-7-13-27-21(16-24)28-17-26-12-6-9-18(2)25-4/h6,9,17,19-20,25H,2,5,7-8,10-16,24H2,1,3-4H3,(H,26,27,28)/b9-6-. The SMILES string of the molecule is C=C(/C=C\C/N=C\N=C(/CN)NCCCOC1CCC(C)(F)CC1CCC)NC. The molecular formula is C22H40FN5O. The van der Waals surface area contributed by atoms with Gasteiger partial charge in [0.05, 0.1) is 19.2 Å². The van der Waals surface area contributed by atoms with E-state index in [1.165, 1.54) is 6.34 Å². The zero-order valence-electron chi connectivity index (χ0n) is 18.4. The maximum Gasteiger partial charge on any atom is 0.117 e. The molecule has 0 amide bonds. The number of hydrogen-bond donors (Lipinski definition) is 3. The molecule has 3 unspecified atom stereocenters. The van der Waals surface area contributed by atoms with Crippen molar-refractivity contribution in [3.8, 4) is 0 Å². The van der Waals surface area contributed by atoms with Gasteiger partial charge < -0.3 is 21.1 Å². The zero-order valence-corrected chi connectivity index (χ0v) is 18.4. The Kier molecular flexibility index (Phi) is 12.5. The molecule has 0 aliphatic heterocycles. The first-order valence-electron chi connectivity index (χ1n) is 10.7. The van der Waals surface area contributed by atoms with E-state index >= 15 is 0 Å². The number of hydrogen-bond acceptors (Lipinski definition) is 4.